The number of nitrogens with one attached hydrogen (secondary N) is 1. The molecule has 0 aromatic heterocycles. The molecule has 1 aliphatic rings. The van der Waals surface area contributed by atoms with E-state index in [1.807, 2.05) is 4.72 Å². The van der Waals surface area contributed by atoms with Gasteiger partial charge in [0, 0.05) is 18.9 Å². The summed E-state index contributed by atoms with van der Waals surface area (Å²) in [5, 5.41) is -0.759. The molecule has 0 spiro atoms. The van der Waals surface area contributed by atoms with E-state index >= 15 is 0 Å². The van der Waals surface area contributed by atoms with Crippen LogP contribution < -0.4 is 10.5 Å². The molecule has 3 N–H and O–H groups in total. The SMILES string of the molecule is Nc1ccc(NS(=O)(=O)C2CCOCC2)c(C(F)(F)F)c1. The van der Waals surface area contributed by atoms with Crippen molar-refractivity contribution in [1.29, 1.82) is 0 Å². The predicted octanol–water partition coefficient (Wildman–Crippen LogP) is 2.21. The quantitative estimate of drug-likeness (QED) is 0.835. The highest BCUT2D eigenvalue weighted by molar-refractivity contribution is 7.93. The summed E-state index contributed by atoms with van der Waals surface area (Å²) in [6.45, 7) is 0.554. The Morgan fingerprint density at radius 1 is 1.24 bits per heavy atom. The first-order valence-corrected chi connectivity index (χ1v) is 7.81. The number of benzene rings is 1. The van der Waals surface area contributed by atoms with Crippen molar-refractivity contribution in [3.63, 3.8) is 0 Å². The van der Waals surface area contributed by atoms with Crippen molar-refractivity contribution in [2.24, 2.45) is 0 Å². The van der Waals surface area contributed by atoms with Crippen LogP contribution in [-0.4, -0.2) is 26.9 Å². The maximum atomic E-state index is 12.9. The number of hydrogen-bond acceptors (Lipinski definition) is 4. The molecule has 0 aliphatic carbocycles. The van der Waals surface area contributed by atoms with Gasteiger partial charge in [-0.15, -0.1) is 0 Å². The van der Waals surface area contributed by atoms with E-state index in [0.29, 0.717) is 6.07 Å². The molecule has 0 amide bonds. The second-order valence-electron chi connectivity index (χ2n) is 4.76. The Morgan fingerprint density at radius 3 is 2.43 bits per heavy atom. The maximum Gasteiger partial charge on any atom is 0.418 e. The number of halogens is 3. The van der Waals surface area contributed by atoms with Gasteiger partial charge in [-0.25, -0.2) is 8.42 Å². The van der Waals surface area contributed by atoms with Crippen molar-refractivity contribution < 1.29 is 26.3 Å². The molecule has 1 fully saturated rings. The van der Waals surface area contributed by atoms with Crippen LogP contribution in [0.2, 0.25) is 0 Å². The molecule has 1 aromatic carbocycles. The molecular formula is C12H15F3N2O3S. The van der Waals surface area contributed by atoms with Gasteiger partial charge in [0.25, 0.3) is 0 Å². The minimum Gasteiger partial charge on any atom is -0.399 e. The average molecular weight is 324 g/mol. The van der Waals surface area contributed by atoms with Crippen LogP contribution in [0.5, 0.6) is 0 Å². The van der Waals surface area contributed by atoms with E-state index in [9.17, 15) is 21.6 Å². The summed E-state index contributed by atoms with van der Waals surface area (Å²) < 4.78 is 70.2. The summed E-state index contributed by atoms with van der Waals surface area (Å²) in [6.07, 6.45) is -4.18. The summed E-state index contributed by atoms with van der Waals surface area (Å²) in [4.78, 5) is 0. The molecule has 0 bridgehead atoms. The van der Waals surface area contributed by atoms with Crippen LogP contribution in [0.1, 0.15) is 18.4 Å². The van der Waals surface area contributed by atoms with Gasteiger partial charge in [-0.05, 0) is 31.0 Å². The lowest BCUT2D eigenvalue weighted by Crippen LogP contribution is -2.33. The summed E-state index contributed by atoms with van der Waals surface area (Å²) in [7, 11) is -3.90. The monoisotopic (exact) mass is 324 g/mol. The van der Waals surface area contributed by atoms with Gasteiger partial charge in [0.05, 0.1) is 16.5 Å². The molecule has 1 aliphatic heterocycles. The van der Waals surface area contributed by atoms with E-state index in [1.165, 1.54) is 6.07 Å². The van der Waals surface area contributed by atoms with Gasteiger partial charge in [0.2, 0.25) is 10.0 Å². The molecule has 5 nitrogen and oxygen atoms in total. The highest BCUT2D eigenvalue weighted by atomic mass is 32.2. The lowest BCUT2D eigenvalue weighted by molar-refractivity contribution is -0.136. The summed E-state index contributed by atoms with van der Waals surface area (Å²) in [6, 6.07) is 2.95. The minimum atomic E-state index is -4.69. The zero-order valence-corrected chi connectivity index (χ0v) is 11.8. The third kappa shape index (κ3) is 3.79. The first-order chi connectivity index (χ1) is 9.70. The number of nitrogen functional groups attached to an aromatic ring is 1. The Morgan fingerprint density at radius 2 is 1.86 bits per heavy atom. The Balaban J connectivity index is 2.30. The Hall–Kier alpha value is -1.48. The van der Waals surface area contributed by atoms with Crippen LogP contribution in [0.3, 0.4) is 0 Å². The normalized spacial score (nSPS) is 17.7. The highest BCUT2D eigenvalue weighted by Crippen LogP contribution is 2.37. The van der Waals surface area contributed by atoms with E-state index in [2.05, 4.69) is 0 Å². The van der Waals surface area contributed by atoms with E-state index in [4.69, 9.17) is 10.5 Å². The molecule has 0 unspecified atom stereocenters. The largest absolute Gasteiger partial charge is 0.418 e. The average Bonchev–Trinajstić information content (AvgIpc) is 2.40. The number of alkyl halides is 3. The number of hydrogen-bond donors (Lipinski definition) is 2. The molecule has 1 aromatic rings. The van der Waals surface area contributed by atoms with E-state index < -0.39 is 32.7 Å². The summed E-state index contributed by atoms with van der Waals surface area (Å²) in [5.74, 6) is 0. The van der Waals surface area contributed by atoms with Gasteiger partial charge in [0.1, 0.15) is 0 Å². The number of sulfonamides is 1. The lowest BCUT2D eigenvalue weighted by Gasteiger charge is -2.24. The Bertz CT molecular complexity index is 611. The van der Waals surface area contributed by atoms with Gasteiger partial charge < -0.3 is 10.5 Å². The Labute approximate surface area is 120 Å². The van der Waals surface area contributed by atoms with Gasteiger partial charge in [-0.2, -0.15) is 13.2 Å². The topological polar surface area (TPSA) is 81.4 Å². The number of anilines is 2. The molecule has 1 saturated heterocycles. The van der Waals surface area contributed by atoms with Crippen molar-refractivity contribution >= 4 is 21.4 Å². The molecule has 118 valence electrons. The third-order valence-electron chi connectivity index (χ3n) is 3.21. The number of ether oxygens (including phenoxy) is 1. The van der Waals surface area contributed by atoms with E-state index in [0.717, 1.165) is 6.07 Å². The van der Waals surface area contributed by atoms with Gasteiger partial charge >= 0.3 is 6.18 Å². The fourth-order valence-corrected chi connectivity index (χ4v) is 3.57. The molecule has 9 heteroatoms. The Kier molecular flexibility index (Phi) is 4.33. The van der Waals surface area contributed by atoms with E-state index in [-0.39, 0.29) is 31.7 Å². The van der Waals surface area contributed by atoms with Crippen LogP contribution in [0, 0.1) is 0 Å². The first kappa shape index (κ1) is 15.9. The molecule has 1 heterocycles. The van der Waals surface area contributed by atoms with Crippen molar-refractivity contribution in [2.45, 2.75) is 24.3 Å². The van der Waals surface area contributed by atoms with E-state index in [1.54, 1.807) is 0 Å². The van der Waals surface area contributed by atoms with Crippen molar-refractivity contribution in [1.82, 2.24) is 0 Å². The minimum absolute atomic E-state index is 0.0867. The standard InChI is InChI=1S/C12H15F3N2O3S/c13-12(14,15)10-7-8(16)1-2-11(10)17-21(18,19)9-3-5-20-6-4-9/h1-2,7,9,17H,3-6,16H2. The number of rotatable bonds is 3. The molecule has 0 atom stereocenters. The summed E-state index contributed by atoms with van der Waals surface area (Å²) in [5.41, 5.74) is 3.64. The zero-order valence-electron chi connectivity index (χ0n) is 11.0. The van der Waals surface area contributed by atoms with Crippen molar-refractivity contribution in [3.8, 4) is 0 Å². The van der Waals surface area contributed by atoms with Crippen molar-refractivity contribution in [2.75, 3.05) is 23.7 Å². The predicted molar refractivity (Wildman–Crippen MR) is 72.2 cm³/mol. The zero-order chi connectivity index (χ0) is 15.7. The lowest BCUT2D eigenvalue weighted by atomic mass is 10.1. The second kappa shape index (κ2) is 5.72. The van der Waals surface area contributed by atoms with Crippen LogP contribution in [0.15, 0.2) is 18.2 Å². The van der Waals surface area contributed by atoms with Gasteiger partial charge in [0.15, 0.2) is 0 Å². The molecule has 0 saturated carbocycles. The fourth-order valence-electron chi connectivity index (χ4n) is 2.11. The van der Waals surface area contributed by atoms with Crippen molar-refractivity contribution in [3.05, 3.63) is 23.8 Å². The second-order valence-corrected chi connectivity index (χ2v) is 6.72. The third-order valence-corrected chi connectivity index (χ3v) is 5.06. The highest BCUT2D eigenvalue weighted by Gasteiger charge is 2.36. The molecule has 0 radical (unpaired) electrons. The van der Waals surface area contributed by atoms with Gasteiger partial charge in [-0.1, -0.05) is 0 Å². The molecular weight excluding hydrogens is 309 g/mol. The first-order valence-electron chi connectivity index (χ1n) is 6.26. The van der Waals surface area contributed by atoms with Gasteiger partial charge in [-0.3, -0.25) is 4.72 Å². The number of nitrogens with two attached hydrogens (primary N) is 1. The van der Waals surface area contributed by atoms with Crippen LogP contribution >= 0.6 is 0 Å². The maximum absolute atomic E-state index is 12.9. The smallest absolute Gasteiger partial charge is 0.399 e. The molecule has 2 rings (SSSR count). The molecule has 21 heavy (non-hydrogen) atoms. The van der Waals surface area contributed by atoms with Crippen LogP contribution in [0.4, 0.5) is 24.5 Å². The van der Waals surface area contributed by atoms with Crippen LogP contribution in [-0.2, 0) is 20.9 Å². The van der Waals surface area contributed by atoms with Crippen LogP contribution in [0.25, 0.3) is 0 Å². The fraction of sp³-hybridized carbons (Fsp3) is 0.500. The summed E-state index contributed by atoms with van der Waals surface area (Å²) >= 11 is 0.